The molecular formula is C8H7Br2KO2. The summed E-state index contributed by atoms with van der Waals surface area (Å²) < 4.78 is 6.61. The molecule has 0 N–H and O–H groups in total. The summed E-state index contributed by atoms with van der Waals surface area (Å²) in [5.41, 5.74) is 0. The van der Waals surface area contributed by atoms with E-state index in [0.717, 1.165) is 8.95 Å². The van der Waals surface area contributed by atoms with Crippen LogP contribution < -0.4 is 4.74 Å². The van der Waals surface area contributed by atoms with Crippen molar-refractivity contribution >= 4 is 89.2 Å². The molecular weight excluding hydrogens is 327 g/mol. The number of hydrogen-bond acceptors (Lipinski definition) is 2. The standard InChI is InChI=1S/C8H6Br2O2.K.H/c1-5(11)12-8-3-6(9)2-7(10)4-8;;/h2-4H,1H3;;. The third kappa shape index (κ3) is 5.66. The van der Waals surface area contributed by atoms with Gasteiger partial charge in [0.2, 0.25) is 0 Å². The zero-order chi connectivity index (χ0) is 9.14. The van der Waals surface area contributed by atoms with Crippen molar-refractivity contribution in [3.63, 3.8) is 0 Å². The normalized spacial score (nSPS) is 8.85. The molecule has 66 valence electrons. The summed E-state index contributed by atoms with van der Waals surface area (Å²) in [6, 6.07) is 5.32. The zero-order valence-electron chi connectivity index (χ0n) is 6.30. The second-order valence-electron chi connectivity index (χ2n) is 2.20. The van der Waals surface area contributed by atoms with Crippen LogP contribution in [0.25, 0.3) is 0 Å². The van der Waals surface area contributed by atoms with Gasteiger partial charge in [0.1, 0.15) is 5.75 Å². The first-order valence-corrected chi connectivity index (χ1v) is 4.81. The summed E-state index contributed by atoms with van der Waals surface area (Å²) in [6.07, 6.45) is 0. The summed E-state index contributed by atoms with van der Waals surface area (Å²) in [4.78, 5) is 10.6. The van der Waals surface area contributed by atoms with Crippen molar-refractivity contribution in [3.8, 4) is 5.75 Å². The Morgan fingerprint density at radius 2 is 1.69 bits per heavy atom. The van der Waals surface area contributed by atoms with E-state index in [-0.39, 0.29) is 57.4 Å². The molecule has 1 aromatic carbocycles. The van der Waals surface area contributed by atoms with E-state index in [1.165, 1.54) is 6.92 Å². The van der Waals surface area contributed by atoms with Gasteiger partial charge in [-0.2, -0.15) is 0 Å². The molecule has 0 fully saturated rings. The predicted molar refractivity (Wildman–Crippen MR) is 60.3 cm³/mol. The van der Waals surface area contributed by atoms with Crippen LogP contribution in [0.2, 0.25) is 0 Å². The number of halogens is 2. The van der Waals surface area contributed by atoms with Crippen LogP contribution in [0, 0.1) is 0 Å². The summed E-state index contributed by atoms with van der Waals surface area (Å²) in [5.74, 6) is 0.212. The van der Waals surface area contributed by atoms with Gasteiger partial charge in [-0.05, 0) is 18.2 Å². The van der Waals surface area contributed by atoms with Gasteiger partial charge in [0.25, 0.3) is 0 Å². The molecule has 0 saturated heterocycles. The molecule has 0 aromatic heterocycles. The molecule has 0 unspecified atom stereocenters. The Kier molecular flexibility index (Phi) is 7.38. The molecule has 0 aliphatic carbocycles. The summed E-state index contributed by atoms with van der Waals surface area (Å²) >= 11 is 6.56. The van der Waals surface area contributed by atoms with Gasteiger partial charge >= 0.3 is 57.4 Å². The molecule has 0 aliphatic heterocycles. The molecule has 5 heteroatoms. The van der Waals surface area contributed by atoms with Gasteiger partial charge < -0.3 is 4.74 Å². The van der Waals surface area contributed by atoms with Crippen molar-refractivity contribution in [1.82, 2.24) is 0 Å². The SMILES string of the molecule is CC(=O)Oc1cc(Br)cc(Br)c1.[KH]. The number of carbonyl (C=O) groups excluding carboxylic acids is 1. The summed E-state index contributed by atoms with van der Waals surface area (Å²) in [6.45, 7) is 1.37. The van der Waals surface area contributed by atoms with Crippen molar-refractivity contribution < 1.29 is 9.53 Å². The van der Waals surface area contributed by atoms with E-state index >= 15 is 0 Å². The Morgan fingerprint density at radius 1 is 1.23 bits per heavy atom. The van der Waals surface area contributed by atoms with Crippen LogP contribution in [0.3, 0.4) is 0 Å². The molecule has 0 amide bonds. The number of hydrogen-bond donors (Lipinski definition) is 0. The number of rotatable bonds is 1. The average molecular weight is 334 g/mol. The first kappa shape index (κ1) is 14.3. The van der Waals surface area contributed by atoms with Crippen LogP contribution in [0.15, 0.2) is 27.1 Å². The second-order valence-corrected chi connectivity index (χ2v) is 4.03. The molecule has 2 nitrogen and oxygen atoms in total. The third-order valence-corrected chi connectivity index (χ3v) is 2.01. The molecule has 0 atom stereocenters. The number of ether oxygens (including phenoxy) is 1. The Hall–Kier alpha value is 1.29. The fourth-order valence-electron chi connectivity index (χ4n) is 0.753. The average Bonchev–Trinajstić information content (AvgIpc) is 1.81. The van der Waals surface area contributed by atoms with E-state index in [0.29, 0.717) is 5.75 Å². The molecule has 0 aliphatic rings. The molecule has 0 heterocycles. The van der Waals surface area contributed by atoms with Crippen molar-refractivity contribution in [1.29, 1.82) is 0 Å². The maximum atomic E-state index is 10.6. The van der Waals surface area contributed by atoms with Crippen molar-refractivity contribution in [3.05, 3.63) is 27.1 Å². The van der Waals surface area contributed by atoms with Crippen LogP contribution in [0.4, 0.5) is 0 Å². The fraction of sp³-hybridized carbons (Fsp3) is 0.125. The van der Waals surface area contributed by atoms with Crippen molar-refractivity contribution in [2.45, 2.75) is 6.92 Å². The molecule has 0 saturated carbocycles. The first-order chi connectivity index (χ1) is 5.58. The van der Waals surface area contributed by atoms with Crippen LogP contribution in [-0.4, -0.2) is 57.4 Å². The second kappa shape index (κ2) is 6.71. The van der Waals surface area contributed by atoms with Gasteiger partial charge in [0.15, 0.2) is 0 Å². The molecule has 0 spiro atoms. The number of carbonyl (C=O) groups is 1. The van der Waals surface area contributed by atoms with Crippen molar-refractivity contribution in [2.75, 3.05) is 0 Å². The first-order valence-electron chi connectivity index (χ1n) is 3.22. The van der Waals surface area contributed by atoms with E-state index < -0.39 is 0 Å². The minimum absolute atomic E-state index is 0. The maximum absolute atomic E-state index is 10.6. The third-order valence-electron chi connectivity index (χ3n) is 1.10. The van der Waals surface area contributed by atoms with Crippen LogP contribution in [0.5, 0.6) is 5.75 Å². The minimum atomic E-state index is -0.319. The van der Waals surface area contributed by atoms with Gasteiger partial charge in [0, 0.05) is 15.9 Å². The van der Waals surface area contributed by atoms with E-state index in [1.807, 2.05) is 6.07 Å². The fourth-order valence-corrected chi connectivity index (χ4v) is 2.01. The van der Waals surface area contributed by atoms with Gasteiger partial charge in [0.05, 0.1) is 0 Å². The molecule has 0 radical (unpaired) electrons. The summed E-state index contributed by atoms with van der Waals surface area (Å²) in [7, 11) is 0. The van der Waals surface area contributed by atoms with Gasteiger partial charge in [-0.25, -0.2) is 0 Å². The Labute approximate surface area is 136 Å². The van der Waals surface area contributed by atoms with E-state index in [9.17, 15) is 4.79 Å². The zero-order valence-corrected chi connectivity index (χ0v) is 9.48. The number of esters is 1. The Morgan fingerprint density at radius 3 is 2.08 bits per heavy atom. The topological polar surface area (TPSA) is 26.3 Å². The van der Waals surface area contributed by atoms with Crippen LogP contribution in [-0.2, 0) is 4.79 Å². The monoisotopic (exact) mass is 332 g/mol. The number of benzene rings is 1. The van der Waals surface area contributed by atoms with Crippen LogP contribution >= 0.6 is 31.9 Å². The quantitative estimate of drug-likeness (QED) is 0.448. The van der Waals surface area contributed by atoms with E-state index in [2.05, 4.69) is 31.9 Å². The van der Waals surface area contributed by atoms with Gasteiger partial charge in [-0.1, -0.05) is 31.9 Å². The van der Waals surface area contributed by atoms with Gasteiger partial charge in [-0.3, -0.25) is 4.79 Å². The summed E-state index contributed by atoms with van der Waals surface area (Å²) in [5, 5.41) is 0. The van der Waals surface area contributed by atoms with Crippen LogP contribution in [0.1, 0.15) is 6.92 Å². The molecule has 13 heavy (non-hydrogen) atoms. The Balaban J connectivity index is 0.00000144. The molecule has 1 aromatic rings. The van der Waals surface area contributed by atoms with E-state index in [4.69, 9.17) is 4.74 Å². The molecule has 1 rings (SSSR count). The van der Waals surface area contributed by atoms with Gasteiger partial charge in [-0.15, -0.1) is 0 Å². The molecule has 0 bridgehead atoms. The van der Waals surface area contributed by atoms with Crippen molar-refractivity contribution in [2.24, 2.45) is 0 Å². The predicted octanol–water partition coefficient (Wildman–Crippen LogP) is 2.49. The van der Waals surface area contributed by atoms with E-state index in [1.54, 1.807) is 12.1 Å². The Bertz CT molecular complexity index is 295.